The number of carbonyl (C=O) groups is 3. The Labute approximate surface area is 255 Å². The molecular formula is C34H36N4O4S. The fraction of sp³-hybridized carbons (Fsp3) is 0.294. The van der Waals surface area contributed by atoms with E-state index < -0.39 is 24.1 Å². The highest BCUT2D eigenvalue weighted by atomic mass is 32.1. The summed E-state index contributed by atoms with van der Waals surface area (Å²) in [5, 5.41) is 20.3. The van der Waals surface area contributed by atoms with Crippen molar-refractivity contribution in [1.82, 2.24) is 20.5 Å². The van der Waals surface area contributed by atoms with Crippen LogP contribution in [0.1, 0.15) is 49.0 Å². The number of aryl methyl sites for hydroxylation is 1. The molecule has 222 valence electrons. The van der Waals surface area contributed by atoms with Gasteiger partial charge in [-0.25, -0.2) is 4.98 Å². The number of nitrogens with one attached hydrogen (secondary N) is 2. The highest BCUT2D eigenvalue weighted by molar-refractivity contribution is 7.09. The lowest BCUT2D eigenvalue weighted by atomic mass is 9.90. The van der Waals surface area contributed by atoms with Gasteiger partial charge >= 0.3 is 0 Å². The predicted octanol–water partition coefficient (Wildman–Crippen LogP) is 4.17. The van der Waals surface area contributed by atoms with Gasteiger partial charge in [-0.2, -0.15) is 0 Å². The maximum absolute atomic E-state index is 13.5. The summed E-state index contributed by atoms with van der Waals surface area (Å²) in [4.78, 5) is 45.5. The molecule has 4 aromatic rings. The number of aliphatic hydroxyl groups is 1. The van der Waals surface area contributed by atoms with Gasteiger partial charge in [0.25, 0.3) is 11.8 Å². The Morgan fingerprint density at radius 1 is 1.02 bits per heavy atom. The van der Waals surface area contributed by atoms with E-state index in [4.69, 9.17) is 0 Å². The second kappa shape index (κ2) is 13.8. The van der Waals surface area contributed by atoms with Crippen molar-refractivity contribution in [3.63, 3.8) is 0 Å². The molecule has 0 aliphatic carbocycles. The third-order valence-corrected chi connectivity index (χ3v) is 8.71. The minimum atomic E-state index is -1.02. The molecule has 3 N–H and O–H groups in total. The van der Waals surface area contributed by atoms with E-state index in [1.54, 1.807) is 36.2 Å². The molecule has 0 radical (unpaired) electrons. The number of carbonyl (C=O) groups excluding carboxylic acids is 3. The second-order valence-electron chi connectivity index (χ2n) is 11.1. The number of hydrogen-bond donors (Lipinski definition) is 3. The zero-order valence-electron chi connectivity index (χ0n) is 24.3. The van der Waals surface area contributed by atoms with Crippen molar-refractivity contribution in [2.24, 2.45) is 5.92 Å². The quantitative estimate of drug-likeness (QED) is 0.241. The Kier molecular flexibility index (Phi) is 9.64. The van der Waals surface area contributed by atoms with Crippen LogP contribution in [0, 0.1) is 12.8 Å². The average Bonchev–Trinajstić information content (AvgIpc) is 3.61. The Balaban J connectivity index is 1.29. The van der Waals surface area contributed by atoms with Gasteiger partial charge in [-0.05, 0) is 55.5 Å². The number of nitrogens with zero attached hydrogens (tertiary/aromatic N) is 2. The van der Waals surface area contributed by atoms with Crippen LogP contribution in [0.3, 0.4) is 0 Å². The normalized spacial score (nSPS) is 17.6. The van der Waals surface area contributed by atoms with Crippen molar-refractivity contribution in [1.29, 1.82) is 0 Å². The molecule has 43 heavy (non-hydrogen) atoms. The van der Waals surface area contributed by atoms with Crippen LogP contribution in [0.4, 0.5) is 0 Å². The third-order valence-electron chi connectivity index (χ3n) is 7.76. The molecule has 1 saturated heterocycles. The van der Waals surface area contributed by atoms with Crippen molar-refractivity contribution in [3.8, 4) is 0 Å². The molecule has 3 aromatic carbocycles. The fourth-order valence-electron chi connectivity index (χ4n) is 5.49. The first kappa shape index (κ1) is 30.1. The standard InChI is InChI=1S/C34H36N4O4S/c1-22-21-43-30(35-22)20-38(2)34(42)26-15-9-14-25(18-26)32(40)36-28(17-24-12-7-4-8-13-24)31(39)29-19-27(33(41)37-29)16-23-10-5-3-6-11-23/h3-15,18,21,27-29,31,39H,16-17,19-20H2,1-2H3,(H,36,40)(H,37,41)/t27-,28+,29-,31+/m1/s1. The smallest absolute Gasteiger partial charge is 0.253 e. The summed E-state index contributed by atoms with van der Waals surface area (Å²) in [6, 6.07) is 24.8. The maximum atomic E-state index is 13.5. The van der Waals surface area contributed by atoms with Crippen LogP contribution >= 0.6 is 11.3 Å². The number of aliphatic hydroxyl groups excluding tert-OH is 1. The number of aromatic nitrogens is 1. The summed E-state index contributed by atoms with van der Waals surface area (Å²) in [6.45, 7) is 2.28. The number of amides is 3. The van der Waals surface area contributed by atoms with Crippen LogP contribution in [0.2, 0.25) is 0 Å². The summed E-state index contributed by atoms with van der Waals surface area (Å²) in [6.07, 6.45) is 0.401. The Hall–Kier alpha value is -4.34. The van der Waals surface area contributed by atoms with Gasteiger partial charge in [-0.15, -0.1) is 11.3 Å². The lowest BCUT2D eigenvalue weighted by Crippen LogP contribution is -2.52. The highest BCUT2D eigenvalue weighted by Gasteiger charge is 2.39. The van der Waals surface area contributed by atoms with E-state index in [-0.39, 0.29) is 17.7 Å². The maximum Gasteiger partial charge on any atom is 0.253 e. The van der Waals surface area contributed by atoms with E-state index in [0.717, 1.165) is 21.8 Å². The summed E-state index contributed by atoms with van der Waals surface area (Å²) in [5.41, 5.74) is 3.62. The number of hydrogen-bond acceptors (Lipinski definition) is 6. The molecule has 0 unspecified atom stereocenters. The van der Waals surface area contributed by atoms with Gasteiger partial charge in [-0.3, -0.25) is 14.4 Å². The molecule has 1 aliphatic heterocycles. The van der Waals surface area contributed by atoms with Gasteiger partial charge < -0.3 is 20.6 Å². The lowest BCUT2D eigenvalue weighted by molar-refractivity contribution is -0.122. The third kappa shape index (κ3) is 7.74. The van der Waals surface area contributed by atoms with Crippen LogP contribution in [-0.4, -0.2) is 57.9 Å². The van der Waals surface area contributed by atoms with E-state index in [9.17, 15) is 19.5 Å². The van der Waals surface area contributed by atoms with Crippen molar-refractivity contribution in [3.05, 3.63) is 123 Å². The first-order valence-corrected chi connectivity index (χ1v) is 15.3. The van der Waals surface area contributed by atoms with E-state index >= 15 is 0 Å². The molecule has 5 rings (SSSR count). The zero-order valence-corrected chi connectivity index (χ0v) is 25.1. The topological polar surface area (TPSA) is 112 Å². The largest absolute Gasteiger partial charge is 0.389 e. The Morgan fingerprint density at radius 2 is 1.70 bits per heavy atom. The highest BCUT2D eigenvalue weighted by Crippen LogP contribution is 2.24. The molecule has 9 heteroatoms. The summed E-state index contributed by atoms with van der Waals surface area (Å²) in [5.74, 6) is -0.983. The van der Waals surface area contributed by atoms with Crippen molar-refractivity contribution >= 4 is 29.1 Å². The van der Waals surface area contributed by atoms with Gasteiger partial charge in [0.15, 0.2) is 0 Å². The monoisotopic (exact) mass is 596 g/mol. The number of thiazole rings is 1. The summed E-state index contributed by atoms with van der Waals surface area (Å²) < 4.78 is 0. The molecule has 0 spiro atoms. The van der Waals surface area contributed by atoms with Crippen LogP contribution in [0.5, 0.6) is 0 Å². The lowest BCUT2D eigenvalue weighted by Gasteiger charge is -2.29. The molecule has 1 fully saturated rings. The van der Waals surface area contributed by atoms with Crippen LogP contribution in [0.15, 0.2) is 90.3 Å². The average molecular weight is 597 g/mol. The van der Waals surface area contributed by atoms with Gasteiger partial charge in [-0.1, -0.05) is 66.7 Å². The predicted molar refractivity (Wildman–Crippen MR) is 167 cm³/mol. The second-order valence-corrected chi connectivity index (χ2v) is 12.1. The van der Waals surface area contributed by atoms with E-state index in [1.807, 2.05) is 73.0 Å². The molecule has 4 atom stereocenters. The Bertz CT molecular complexity index is 1560. The molecule has 2 heterocycles. The fourth-order valence-corrected chi connectivity index (χ4v) is 6.32. The molecule has 3 amide bonds. The van der Waals surface area contributed by atoms with Crippen LogP contribution in [-0.2, 0) is 24.2 Å². The van der Waals surface area contributed by atoms with Crippen molar-refractivity contribution in [2.75, 3.05) is 7.05 Å². The van der Waals surface area contributed by atoms with Gasteiger partial charge in [0, 0.05) is 35.2 Å². The van der Waals surface area contributed by atoms with Gasteiger partial charge in [0.2, 0.25) is 5.91 Å². The molecule has 0 bridgehead atoms. The van der Waals surface area contributed by atoms with Crippen LogP contribution in [0.25, 0.3) is 0 Å². The van der Waals surface area contributed by atoms with Crippen molar-refractivity contribution < 1.29 is 19.5 Å². The van der Waals surface area contributed by atoms with E-state index in [1.165, 1.54) is 11.3 Å². The first-order chi connectivity index (χ1) is 20.8. The number of rotatable bonds is 11. The SMILES string of the molecule is Cc1csc(CN(C)C(=O)c2cccc(C(=O)N[C@@H](Cc3ccccc3)[C@H](O)[C@H]3C[C@@H](Cc4ccccc4)C(=O)N3)c2)n1. The van der Waals surface area contributed by atoms with Gasteiger partial charge in [0.05, 0.1) is 24.7 Å². The first-order valence-electron chi connectivity index (χ1n) is 14.4. The summed E-state index contributed by atoms with van der Waals surface area (Å²) in [7, 11) is 1.71. The number of benzene rings is 3. The Morgan fingerprint density at radius 3 is 2.37 bits per heavy atom. The molecular weight excluding hydrogens is 560 g/mol. The van der Waals surface area contributed by atoms with Gasteiger partial charge in [0.1, 0.15) is 5.01 Å². The van der Waals surface area contributed by atoms with E-state index in [0.29, 0.717) is 36.9 Å². The minimum absolute atomic E-state index is 0.0964. The molecule has 0 saturated carbocycles. The van der Waals surface area contributed by atoms with Crippen LogP contribution < -0.4 is 10.6 Å². The molecule has 1 aliphatic rings. The molecule has 1 aromatic heterocycles. The molecule has 8 nitrogen and oxygen atoms in total. The summed E-state index contributed by atoms with van der Waals surface area (Å²) >= 11 is 1.50. The van der Waals surface area contributed by atoms with E-state index in [2.05, 4.69) is 15.6 Å². The van der Waals surface area contributed by atoms with Crippen molar-refractivity contribution in [2.45, 2.75) is 50.9 Å². The zero-order chi connectivity index (χ0) is 30.3. The minimum Gasteiger partial charge on any atom is -0.389 e.